The molecule has 1 aromatic heterocycles. The van der Waals surface area contributed by atoms with Gasteiger partial charge in [-0.15, -0.1) is 0 Å². The molecule has 0 spiro atoms. The number of carbonyl (C=O) groups is 1. The highest BCUT2D eigenvalue weighted by Gasteiger charge is 2.31. The predicted octanol–water partition coefficient (Wildman–Crippen LogP) is 3.10. The lowest BCUT2D eigenvalue weighted by molar-refractivity contribution is -0.137. The van der Waals surface area contributed by atoms with Crippen molar-refractivity contribution in [1.29, 1.82) is 0 Å². The summed E-state index contributed by atoms with van der Waals surface area (Å²) in [5, 5.41) is 4.55. The van der Waals surface area contributed by atoms with Crippen molar-refractivity contribution in [2.24, 2.45) is 5.92 Å². The molecular formula is C17H27N3O. The van der Waals surface area contributed by atoms with Crippen LogP contribution in [0.25, 0.3) is 0 Å². The van der Waals surface area contributed by atoms with Gasteiger partial charge in [-0.05, 0) is 33.6 Å². The van der Waals surface area contributed by atoms with Crippen molar-refractivity contribution >= 4 is 5.91 Å². The molecule has 1 saturated carbocycles. The van der Waals surface area contributed by atoms with E-state index >= 15 is 0 Å². The maximum atomic E-state index is 12.7. The van der Waals surface area contributed by atoms with E-state index in [1.807, 2.05) is 6.20 Å². The first-order chi connectivity index (χ1) is 9.97. The van der Waals surface area contributed by atoms with E-state index in [1.54, 1.807) is 0 Å². The summed E-state index contributed by atoms with van der Waals surface area (Å²) in [5.74, 6) is 0.654. The van der Waals surface area contributed by atoms with Gasteiger partial charge < -0.3 is 4.90 Å². The zero-order valence-corrected chi connectivity index (χ0v) is 13.6. The van der Waals surface area contributed by atoms with E-state index < -0.39 is 0 Å². The van der Waals surface area contributed by atoms with Crippen LogP contribution < -0.4 is 0 Å². The van der Waals surface area contributed by atoms with Crippen LogP contribution in [-0.4, -0.2) is 27.1 Å². The number of nitrogens with zero attached hydrogens (tertiary/aromatic N) is 3. The quantitative estimate of drug-likeness (QED) is 0.797. The van der Waals surface area contributed by atoms with Crippen LogP contribution in [-0.2, 0) is 23.3 Å². The second kappa shape index (κ2) is 5.47. The number of hydrogen-bond donors (Lipinski definition) is 0. The maximum absolute atomic E-state index is 12.7. The Bertz CT molecular complexity index is 521. The molecule has 2 aliphatic rings. The highest BCUT2D eigenvalue weighted by Crippen LogP contribution is 2.29. The standard InChI is InChI=1S/C17H27N3O/c1-17(2,3)20-15-9-10-19(12-14(15)11-18-20)16(21)13-7-5-4-6-8-13/h11,13H,4-10,12H2,1-3H3. The predicted molar refractivity (Wildman–Crippen MR) is 82.9 cm³/mol. The zero-order valence-electron chi connectivity index (χ0n) is 13.6. The number of hydrogen-bond acceptors (Lipinski definition) is 2. The summed E-state index contributed by atoms with van der Waals surface area (Å²) in [6.45, 7) is 8.14. The first-order valence-corrected chi connectivity index (χ1v) is 8.32. The summed E-state index contributed by atoms with van der Waals surface area (Å²) < 4.78 is 2.13. The first kappa shape index (κ1) is 14.6. The van der Waals surface area contributed by atoms with E-state index in [-0.39, 0.29) is 11.5 Å². The average Bonchev–Trinajstić information content (AvgIpc) is 2.90. The minimum absolute atomic E-state index is 0.0170. The topological polar surface area (TPSA) is 38.1 Å². The van der Waals surface area contributed by atoms with Gasteiger partial charge in [0.05, 0.1) is 11.7 Å². The smallest absolute Gasteiger partial charge is 0.225 e. The molecule has 4 heteroatoms. The second-order valence-corrected chi connectivity index (χ2v) is 7.54. The molecule has 4 nitrogen and oxygen atoms in total. The lowest BCUT2D eigenvalue weighted by Crippen LogP contribution is -2.41. The molecule has 21 heavy (non-hydrogen) atoms. The van der Waals surface area contributed by atoms with Gasteiger partial charge in [0.15, 0.2) is 0 Å². The van der Waals surface area contributed by atoms with E-state index in [0.717, 1.165) is 32.4 Å². The second-order valence-electron chi connectivity index (χ2n) is 7.54. The summed E-state index contributed by atoms with van der Waals surface area (Å²) >= 11 is 0. The molecule has 0 bridgehead atoms. The Kier molecular flexibility index (Phi) is 3.80. The molecule has 3 rings (SSSR count). The molecule has 1 aliphatic heterocycles. The first-order valence-electron chi connectivity index (χ1n) is 8.32. The fraction of sp³-hybridized carbons (Fsp3) is 0.765. The van der Waals surface area contributed by atoms with Crippen molar-refractivity contribution in [3.63, 3.8) is 0 Å². The molecular weight excluding hydrogens is 262 g/mol. The Hall–Kier alpha value is -1.32. The van der Waals surface area contributed by atoms with Crippen molar-refractivity contribution in [2.45, 2.75) is 71.4 Å². The third kappa shape index (κ3) is 2.85. The van der Waals surface area contributed by atoms with Crippen LogP contribution in [0.1, 0.15) is 64.1 Å². The molecule has 1 aromatic rings. The monoisotopic (exact) mass is 289 g/mol. The van der Waals surface area contributed by atoms with Gasteiger partial charge in [0.25, 0.3) is 0 Å². The van der Waals surface area contributed by atoms with E-state index in [1.165, 1.54) is 30.5 Å². The van der Waals surface area contributed by atoms with Crippen LogP contribution >= 0.6 is 0 Å². The van der Waals surface area contributed by atoms with Crippen LogP contribution in [0.15, 0.2) is 6.20 Å². The molecule has 1 fully saturated rings. The van der Waals surface area contributed by atoms with Gasteiger partial charge in [0.1, 0.15) is 0 Å². The molecule has 1 amide bonds. The fourth-order valence-electron chi connectivity index (χ4n) is 3.71. The van der Waals surface area contributed by atoms with Gasteiger partial charge in [0, 0.05) is 36.7 Å². The molecule has 2 heterocycles. The Morgan fingerprint density at radius 1 is 1.24 bits per heavy atom. The number of carbonyl (C=O) groups excluding carboxylic acids is 1. The number of fused-ring (bicyclic) bond motifs is 1. The highest BCUT2D eigenvalue weighted by molar-refractivity contribution is 5.79. The van der Waals surface area contributed by atoms with Crippen LogP contribution in [0.3, 0.4) is 0 Å². The van der Waals surface area contributed by atoms with Crippen LogP contribution in [0.4, 0.5) is 0 Å². The fourth-order valence-corrected chi connectivity index (χ4v) is 3.71. The summed E-state index contributed by atoms with van der Waals surface area (Å²) in [7, 11) is 0. The zero-order chi connectivity index (χ0) is 15.0. The van der Waals surface area contributed by atoms with Crippen LogP contribution in [0.5, 0.6) is 0 Å². The Balaban J connectivity index is 1.73. The molecule has 116 valence electrons. The van der Waals surface area contributed by atoms with Crippen LogP contribution in [0, 0.1) is 5.92 Å². The van der Waals surface area contributed by atoms with E-state index in [2.05, 4.69) is 35.5 Å². The summed E-state index contributed by atoms with van der Waals surface area (Å²) in [4.78, 5) is 14.7. The average molecular weight is 289 g/mol. The molecule has 0 unspecified atom stereocenters. The molecule has 0 radical (unpaired) electrons. The summed E-state index contributed by atoms with van der Waals surface area (Å²) in [6, 6.07) is 0. The van der Waals surface area contributed by atoms with E-state index in [4.69, 9.17) is 0 Å². The third-order valence-corrected chi connectivity index (χ3v) is 4.84. The summed E-state index contributed by atoms with van der Waals surface area (Å²) in [6.07, 6.45) is 8.81. The largest absolute Gasteiger partial charge is 0.338 e. The minimum atomic E-state index is 0.0170. The summed E-state index contributed by atoms with van der Waals surface area (Å²) in [5.41, 5.74) is 2.57. The maximum Gasteiger partial charge on any atom is 0.225 e. The molecule has 0 atom stereocenters. The van der Waals surface area contributed by atoms with Crippen molar-refractivity contribution < 1.29 is 4.79 Å². The molecule has 0 saturated heterocycles. The van der Waals surface area contributed by atoms with Crippen molar-refractivity contribution in [2.75, 3.05) is 6.54 Å². The lowest BCUT2D eigenvalue weighted by Gasteiger charge is -2.33. The minimum Gasteiger partial charge on any atom is -0.338 e. The molecule has 1 aliphatic carbocycles. The molecule has 0 aromatic carbocycles. The van der Waals surface area contributed by atoms with Gasteiger partial charge >= 0.3 is 0 Å². The van der Waals surface area contributed by atoms with Crippen LogP contribution in [0.2, 0.25) is 0 Å². The Morgan fingerprint density at radius 2 is 1.95 bits per heavy atom. The Labute approximate surface area is 127 Å². The van der Waals surface area contributed by atoms with E-state index in [9.17, 15) is 4.79 Å². The van der Waals surface area contributed by atoms with Crippen molar-refractivity contribution in [1.82, 2.24) is 14.7 Å². The SMILES string of the molecule is CC(C)(C)n1ncc2c1CCN(C(=O)C1CCCCC1)C2. The van der Waals surface area contributed by atoms with Gasteiger partial charge in [-0.3, -0.25) is 9.48 Å². The highest BCUT2D eigenvalue weighted by atomic mass is 16.2. The van der Waals surface area contributed by atoms with E-state index in [0.29, 0.717) is 5.91 Å². The number of rotatable bonds is 1. The number of aromatic nitrogens is 2. The Morgan fingerprint density at radius 3 is 2.62 bits per heavy atom. The van der Waals surface area contributed by atoms with Gasteiger partial charge in [-0.2, -0.15) is 5.10 Å². The van der Waals surface area contributed by atoms with Gasteiger partial charge in [0.2, 0.25) is 5.91 Å². The number of amides is 1. The van der Waals surface area contributed by atoms with Gasteiger partial charge in [-0.25, -0.2) is 0 Å². The van der Waals surface area contributed by atoms with Crippen molar-refractivity contribution in [3.8, 4) is 0 Å². The molecule has 0 N–H and O–H groups in total. The van der Waals surface area contributed by atoms with Gasteiger partial charge in [-0.1, -0.05) is 19.3 Å². The normalized spacial score (nSPS) is 20.4. The third-order valence-electron chi connectivity index (χ3n) is 4.84. The lowest BCUT2D eigenvalue weighted by atomic mass is 9.88. The van der Waals surface area contributed by atoms with Crippen molar-refractivity contribution in [3.05, 3.63) is 17.5 Å².